The molecule has 0 aliphatic carbocycles. The molecule has 0 saturated carbocycles. The van der Waals surface area contributed by atoms with Gasteiger partial charge in [-0.3, -0.25) is 0 Å². The number of carbonyl (C=O) groups is 2. The average Bonchev–Trinajstić information content (AvgIpc) is 2.27. The predicted octanol–water partition coefficient (Wildman–Crippen LogP) is -0.0130. The SMILES string of the molecule is CNCCCC(=O)OOC(=O)CCCNC. The lowest BCUT2D eigenvalue weighted by atomic mass is 10.3. The van der Waals surface area contributed by atoms with Crippen molar-refractivity contribution in [2.75, 3.05) is 27.2 Å². The standard InChI is InChI=1S/C10H20N2O4/c1-11-7-3-5-9(13)15-16-10(14)6-4-8-12-2/h11-12H,3-8H2,1-2H3. The van der Waals surface area contributed by atoms with Crippen LogP contribution in [-0.4, -0.2) is 39.1 Å². The first-order chi connectivity index (χ1) is 7.70. The number of hydrogen-bond acceptors (Lipinski definition) is 6. The summed E-state index contributed by atoms with van der Waals surface area (Å²) in [6, 6.07) is 0. The van der Waals surface area contributed by atoms with Gasteiger partial charge in [-0.05, 0) is 40.0 Å². The summed E-state index contributed by atoms with van der Waals surface area (Å²) in [5, 5.41) is 5.80. The molecular formula is C10H20N2O4. The fraction of sp³-hybridized carbons (Fsp3) is 0.800. The van der Waals surface area contributed by atoms with E-state index < -0.39 is 11.9 Å². The highest BCUT2D eigenvalue weighted by Crippen LogP contribution is 1.96. The Hall–Kier alpha value is -1.14. The second-order valence-corrected chi connectivity index (χ2v) is 3.32. The smallest absolute Gasteiger partial charge is 0.320 e. The first-order valence-electron chi connectivity index (χ1n) is 5.40. The summed E-state index contributed by atoms with van der Waals surface area (Å²) in [5.74, 6) is -1.03. The molecule has 94 valence electrons. The second-order valence-electron chi connectivity index (χ2n) is 3.32. The van der Waals surface area contributed by atoms with Crippen molar-refractivity contribution in [3.8, 4) is 0 Å². The molecule has 0 aliphatic rings. The molecule has 16 heavy (non-hydrogen) atoms. The molecule has 0 aromatic heterocycles. The van der Waals surface area contributed by atoms with Gasteiger partial charge in [0.2, 0.25) is 0 Å². The van der Waals surface area contributed by atoms with E-state index in [1.165, 1.54) is 0 Å². The summed E-state index contributed by atoms with van der Waals surface area (Å²) < 4.78 is 0. The number of hydrogen-bond donors (Lipinski definition) is 2. The zero-order valence-corrected chi connectivity index (χ0v) is 9.88. The monoisotopic (exact) mass is 232 g/mol. The zero-order valence-electron chi connectivity index (χ0n) is 9.88. The molecular weight excluding hydrogens is 212 g/mol. The van der Waals surface area contributed by atoms with E-state index in [4.69, 9.17) is 0 Å². The van der Waals surface area contributed by atoms with E-state index in [1.54, 1.807) is 14.1 Å². The van der Waals surface area contributed by atoms with Crippen molar-refractivity contribution in [2.24, 2.45) is 0 Å². The Bertz CT molecular complexity index is 187. The lowest BCUT2D eigenvalue weighted by molar-refractivity contribution is -0.259. The van der Waals surface area contributed by atoms with Gasteiger partial charge in [-0.25, -0.2) is 19.4 Å². The molecule has 0 aromatic carbocycles. The lowest BCUT2D eigenvalue weighted by Crippen LogP contribution is -2.15. The van der Waals surface area contributed by atoms with Gasteiger partial charge in [0.1, 0.15) is 0 Å². The third-order valence-electron chi connectivity index (χ3n) is 1.84. The first-order valence-corrected chi connectivity index (χ1v) is 5.40. The Morgan fingerprint density at radius 3 is 1.56 bits per heavy atom. The van der Waals surface area contributed by atoms with E-state index in [0.717, 1.165) is 13.1 Å². The topological polar surface area (TPSA) is 76.7 Å². The van der Waals surface area contributed by atoms with Gasteiger partial charge in [-0.15, -0.1) is 0 Å². The Labute approximate surface area is 95.6 Å². The highest BCUT2D eigenvalue weighted by Gasteiger charge is 2.08. The second kappa shape index (κ2) is 10.4. The third-order valence-corrected chi connectivity index (χ3v) is 1.84. The van der Waals surface area contributed by atoms with E-state index in [-0.39, 0.29) is 12.8 Å². The molecule has 0 amide bonds. The van der Waals surface area contributed by atoms with Crippen molar-refractivity contribution in [1.82, 2.24) is 10.6 Å². The van der Waals surface area contributed by atoms with Crippen LogP contribution in [-0.2, 0) is 19.4 Å². The van der Waals surface area contributed by atoms with Gasteiger partial charge in [0.25, 0.3) is 0 Å². The van der Waals surface area contributed by atoms with Crippen LogP contribution >= 0.6 is 0 Å². The summed E-state index contributed by atoms with van der Waals surface area (Å²) in [7, 11) is 3.60. The van der Waals surface area contributed by atoms with Crippen LogP contribution in [0.5, 0.6) is 0 Å². The average molecular weight is 232 g/mol. The molecule has 0 bridgehead atoms. The molecule has 2 N–H and O–H groups in total. The zero-order chi connectivity index (χ0) is 12.2. The Morgan fingerprint density at radius 1 is 0.875 bits per heavy atom. The summed E-state index contributed by atoms with van der Waals surface area (Å²) >= 11 is 0. The van der Waals surface area contributed by atoms with Crippen LogP contribution < -0.4 is 10.6 Å². The van der Waals surface area contributed by atoms with Crippen molar-refractivity contribution in [3.63, 3.8) is 0 Å². The fourth-order valence-corrected chi connectivity index (χ4v) is 0.995. The molecule has 6 nitrogen and oxygen atoms in total. The lowest BCUT2D eigenvalue weighted by Gasteiger charge is -2.03. The highest BCUT2D eigenvalue weighted by atomic mass is 17.2. The van der Waals surface area contributed by atoms with Crippen LogP contribution in [0.15, 0.2) is 0 Å². The molecule has 6 heteroatoms. The van der Waals surface area contributed by atoms with Gasteiger partial charge < -0.3 is 10.6 Å². The van der Waals surface area contributed by atoms with Crippen molar-refractivity contribution >= 4 is 11.9 Å². The van der Waals surface area contributed by atoms with Crippen molar-refractivity contribution in [2.45, 2.75) is 25.7 Å². The van der Waals surface area contributed by atoms with Gasteiger partial charge in [-0.2, -0.15) is 0 Å². The highest BCUT2D eigenvalue weighted by molar-refractivity contribution is 5.72. The number of carbonyl (C=O) groups excluding carboxylic acids is 2. The van der Waals surface area contributed by atoms with Gasteiger partial charge in [0.15, 0.2) is 0 Å². The van der Waals surface area contributed by atoms with Crippen LogP contribution in [0.2, 0.25) is 0 Å². The van der Waals surface area contributed by atoms with Crippen LogP contribution in [0, 0.1) is 0 Å². The molecule has 0 aromatic rings. The summed E-state index contributed by atoms with van der Waals surface area (Å²) in [4.78, 5) is 30.7. The molecule has 0 spiro atoms. The maximum Gasteiger partial charge on any atom is 0.355 e. The van der Waals surface area contributed by atoms with E-state index in [2.05, 4.69) is 20.4 Å². The van der Waals surface area contributed by atoms with Crippen LogP contribution in [0.25, 0.3) is 0 Å². The molecule has 0 rings (SSSR count). The van der Waals surface area contributed by atoms with Crippen molar-refractivity contribution in [1.29, 1.82) is 0 Å². The quantitative estimate of drug-likeness (QED) is 0.348. The van der Waals surface area contributed by atoms with Crippen molar-refractivity contribution in [3.05, 3.63) is 0 Å². The largest absolute Gasteiger partial charge is 0.355 e. The minimum atomic E-state index is -0.516. The van der Waals surface area contributed by atoms with E-state index >= 15 is 0 Å². The maximum absolute atomic E-state index is 11.0. The van der Waals surface area contributed by atoms with Crippen molar-refractivity contribution < 1.29 is 19.4 Å². The Kier molecular flexibility index (Phi) is 9.64. The molecule has 0 aliphatic heterocycles. The summed E-state index contributed by atoms with van der Waals surface area (Å²) in [6.07, 6.45) is 1.80. The molecule has 0 heterocycles. The fourth-order valence-electron chi connectivity index (χ4n) is 0.995. The summed E-state index contributed by atoms with van der Waals surface area (Å²) in [6.45, 7) is 1.45. The van der Waals surface area contributed by atoms with Gasteiger partial charge in [0, 0.05) is 0 Å². The van der Waals surface area contributed by atoms with Gasteiger partial charge >= 0.3 is 11.9 Å². The predicted molar refractivity (Wildman–Crippen MR) is 58.5 cm³/mol. The Morgan fingerprint density at radius 2 is 1.25 bits per heavy atom. The minimum Gasteiger partial charge on any atom is -0.320 e. The normalized spacial score (nSPS) is 9.88. The number of rotatable bonds is 8. The number of nitrogens with one attached hydrogen (secondary N) is 2. The third kappa shape index (κ3) is 9.42. The van der Waals surface area contributed by atoms with Crippen LogP contribution in [0.1, 0.15) is 25.7 Å². The van der Waals surface area contributed by atoms with Crippen LogP contribution in [0.4, 0.5) is 0 Å². The maximum atomic E-state index is 11.0. The van der Waals surface area contributed by atoms with Gasteiger partial charge in [-0.1, -0.05) is 0 Å². The van der Waals surface area contributed by atoms with E-state index in [1.807, 2.05) is 0 Å². The van der Waals surface area contributed by atoms with Crippen LogP contribution in [0.3, 0.4) is 0 Å². The van der Waals surface area contributed by atoms with E-state index in [0.29, 0.717) is 12.8 Å². The summed E-state index contributed by atoms with van der Waals surface area (Å²) in [5.41, 5.74) is 0. The molecule has 0 atom stereocenters. The molecule has 0 saturated heterocycles. The molecule has 0 fully saturated rings. The molecule has 0 radical (unpaired) electrons. The van der Waals surface area contributed by atoms with E-state index in [9.17, 15) is 9.59 Å². The minimum absolute atomic E-state index is 0.241. The van der Waals surface area contributed by atoms with Gasteiger partial charge in [0.05, 0.1) is 12.8 Å². The Balaban J connectivity index is 3.40. The molecule has 0 unspecified atom stereocenters. The first kappa shape index (κ1) is 14.9.